The van der Waals surface area contributed by atoms with Gasteiger partial charge in [-0.25, -0.2) is 4.79 Å². The zero-order chi connectivity index (χ0) is 23.8. The number of allylic oxidation sites excluding steroid dienone is 1. The molecule has 0 saturated heterocycles. The summed E-state index contributed by atoms with van der Waals surface area (Å²) in [7, 11) is 0. The molecule has 0 heterocycles. The van der Waals surface area contributed by atoms with Crippen molar-refractivity contribution in [3.63, 3.8) is 0 Å². The minimum Gasteiger partial charge on any atom is -0.460 e. The lowest BCUT2D eigenvalue weighted by atomic mass is 9.91. The fourth-order valence-corrected chi connectivity index (χ4v) is 3.65. The van der Waals surface area contributed by atoms with Gasteiger partial charge < -0.3 is 25.2 Å². The van der Waals surface area contributed by atoms with Gasteiger partial charge in [0.1, 0.15) is 24.9 Å². The second-order valence-corrected chi connectivity index (χ2v) is 9.79. The van der Waals surface area contributed by atoms with E-state index < -0.39 is 37.5 Å². The van der Waals surface area contributed by atoms with E-state index in [0.717, 1.165) is 36.7 Å². The van der Waals surface area contributed by atoms with Crippen molar-refractivity contribution in [1.82, 2.24) is 0 Å². The second kappa shape index (κ2) is 17.6. The number of carbonyl (C=O) groups excluding carboxylic acids is 1. The predicted octanol–water partition coefficient (Wildman–Crippen LogP) is 3.99. The Morgan fingerprint density at radius 3 is 1.87 bits per heavy atom. The molecule has 0 fully saturated rings. The molecule has 0 bridgehead atoms. The molecular formula is C25H48O6. The van der Waals surface area contributed by atoms with Crippen molar-refractivity contribution in [2.24, 2.45) is 17.8 Å². The van der Waals surface area contributed by atoms with Crippen LogP contribution in [0.5, 0.6) is 0 Å². The maximum absolute atomic E-state index is 11.8. The van der Waals surface area contributed by atoms with Gasteiger partial charge in [0, 0.05) is 6.08 Å². The highest BCUT2D eigenvalue weighted by molar-refractivity contribution is 5.82. The van der Waals surface area contributed by atoms with Crippen molar-refractivity contribution < 1.29 is 30.0 Å². The topological polar surface area (TPSA) is 107 Å². The monoisotopic (exact) mass is 444 g/mol. The van der Waals surface area contributed by atoms with Crippen LogP contribution < -0.4 is 0 Å². The number of esters is 1. The van der Waals surface area contributed by atoms with Crippen molar-refractivity contribution in [2.75, 3.05) is 13.2 Å². The Morgan fingerprint density at radius 1 is 0.839 bits per heavy atom. The lowest BCUT2D eigenvalue weighted by molar-refractivity contribution is -0.146. The van der Waals surface area contributed by atoms with Gasteiger partial charge >= 0.3 is 5.97 Å². The summed E-state index contributed by atoms with van der Waals surface area (Å²) in [6.07, 6.45) is 7.74. The Balaban J connectivity index is 3.96. The Morgan fingerprint density at radius 2 is 1.35 bits per heavy atom. The maximum atomic E-state index is 11.8. The lowest BCUT2D eigenvalue weighted by Gasteiger charge is -2.20. The molecule has 0 amide bonds. The molecule has 0 aromatic rings. The van der Waals surface area contributed by atoms with Gasteiger partial charge in [0.25, 0.3) is 0 Å². The molecular weight excluding hydrogens is 396 g/mol. The van der Waals surface area contributed by atoms with E-state index in [1.54, 1.807) is 0 Å². The smallest absolute Gasteiger partial charge is 0.330 e. The summed E-state index contributed by atoms with van der Waals surface area (Å²) >= 11 is 0. The van der Waals surface area contributed by atoms with Crippen LogP contribution in [0.15, 0.2) is 11.6 Å². The standard InChI is InChI=1S/C25H48O6/c1-18(2)9-6-10-19(3)11-7-12-20(4)13-8-14-21(5)15-24(29)31-17-23(28)25(30)22(27)16-26/h15,18-20,22-23,25-28,30H,6-14,16-17H2,1-5H3/b21-15+. The Kier molecular flexibility index (Phi) is 17.0. The minimum absolute atomic E-state index is 0.437. The molecule has 6 heteroatoms. The van der Waals surface area contributed by atoms with Crippen LogP contribution in [0.1, 0.15) is 92.4 Å². The van der Waals surface area contributed by atoms with Crippen LogP contribution in [0.3, 0.4) is 0 Å². The van der Waals surface area contributed by atoms with Crippen LogP contribution in [-0.2, 0) is 9.53 Å². The van der Waals surface area contributed by atoms with E-state index in [1.165, 1.54) is 44.6 Å². The molecule has 4 N–H and O–H groups in total. The molecule has 5 unspecified atom stereocenters. The quantitative estimate of drug-likeness (QED) is 0.188. The van der Waals surface area contributed by atoms with Crippen molar-refractivity contribution >= 4 is 5.97 Å². The molecule has 5 atom stereocenters. The first-order valence-electron chi connectivity index (χ1n) is 12.1. The van der Waals surface area contributed by atoms with Crippen LogP contribution in [-0.4, -0.2) is 57.9 Å². The fourth-order valence-electron chi connectivity index (χ4n) is 3.65. The zero-order valence-electron chi connectivity index (χ0n) is 20.4. The number of aliphatic hydroxyl groups is 4. The Bertz CT molecular complexity index is 490. The number of aliphatic hydroxyl groups excluding tert-OH is 4. The predicted molar refractivity (Wildman–Crippen MR) is 125 cm³/mol. The molecule has 31 heavy (non-hydrogen) atoms. The van der Waals surface area contributed by atoms with E-state index in [2.05, 4.69) is 27.7 Å². The number of hydrogen-bond acceptors (Lipinski definition) is 6. The van der Waals surface area contributed by atoms with Crippen LogP contribution in [0.25, 0.3) is 0 Å². The zero-order valence-corrected chi connectivity index (χ0v) is 20.4. The van der Waals surface area contributed by atoms with Crippen LogP contribution >= 0.6 is 0 Å². The molecule has 0 aliphatic carbocycles. The third-order valence-electron chi connectivity index (χ3n) is 5.88. The summed E-state index contributed by atoms with van der Waals surface area (Å²) < 4.78 is 4.92. The van der Waals surface area contributed by atoms with Gasteiger partial charge in [-0.1, -0.05) is 78.2 Å². The molecule has 6 nitrogen and oxygen atoms in total. The van der Waals surface area contributed by atoms with Crippen LogP contribution in [0.4, 0.5) is 0 Å². The molecule has 0 aromatic carbocycles. The normalized spacial score (nSPS) is 17.3. The van der Waals surface area contributed by atoms with Crippen LogP contribution in [0.2, 0.25) is 0 Å². The SMILES string of the molecule is C/C(=C\C(=O)OCC(O)C(O)C(O)CO)CCCC(C)CCCC(C)CCCC(C)C. The first-order chi connectivity index (χ1) is 14.6. The number of ether oxygens (including phenoxy) is 1. The average molecular weight is 445 g/mol. The highest BCUT2D eigenvalue weighted by Crippen LogP contribution is 2.22. The number of carbonyl (C=O) groups is 1. The van der Waals surface area contributed by atoms with Gasteiger partial charge in [0.15, 0.2) is 0 Å². The van der Waals surface area contributed by atoms with Crippen molar-refractivity contribution in [3.8, 4) is 0 Å². The van der Waals surface area contributed by atoms with Gasteiger partial charge in [-0.2, -0.15) is 0 Å². The molecule has 0 aromatic heterocycles. The molecule has 0 aliphatic heterocycles. The summed E-state index contributed by atoms with van der Waals surface area (Å²) in [5.74, 6) is 1.71. The molecule has 0 rings (SSSR count). The lowest BCUT2D eigenvalue weighted by Crippen LogP contribution is -2.42. The summed E-state index contributed by atoms with van der Waals surface area (Å²) in [5, 5.41) is 37.2. The average Bonchev–Trinajstić information content (AvgIpc) is 2.70. The van der Waals surface area contributed by atoms with Gasteiger partial charge in [0.2, 0.25) is 0 Å². The summed E-state index contributed by atoms with van der Waals surface area (Å²) in [4.78, 5) is 11.8. The Hall–Kier alpha value is -0.950. The van der Waals surface area contributed by atoms with E-state index >= 15 is 0 Å². The van der Waals surface area contributed by atoms with E-state index in [4.69, 9.17) is 9.84 Å². The van der Waals surface area contributed by atoms with Gasteiger partial charge in [-0.3, -0.25) is 0 Å². The molecule has 0 saturated carbocycles. The maximum Gasteiger partial charge on any atom is 0.330 e. The summed E-state index contributed by atoms with van der Waals surface area (Å²) in [6, 6.07) is 0. The van der Waals surface area contributed by atoms with Crippen molar-refractivity contribution in [3.05, 3.63) is 11.6 Å². The minimum atomic E-state index is -1.56. The van der Waals surface area contributed by atoms with Crippen LogP contribution in [0, 0.1) is 17.8 Å². The highest BCUT2D eigenvalue weighted by Gasteiger charge is 2.25. The largest absolute Gasteiger partial charge is 0.460 e. The molecule has 184 valence electrons. The van der Waals surface area contributed by atoms with Gasteiger partial charge in [0.05, 0.1) is 6.61 Å². The summed E-state index contributed by atoms with van der Waals surface area (Å²) in [5.41, 5.74) is 0.918. The second-order valence-electron chi connectivity index (χ2n) is 9.79. The Labute approximate surface area is 189 Å². The molecule has 0 aliphatic rings. The number of hydrogen-bond donors (Lipinski definition) is 4. The first-order valence-corrected chi connectivity index (χ1v) is 12.1. The van der Waals surface area contributed by atoms with E-state index in [-0.39, 0.29) is 0 Å². The van der Waals surface area contributed by atoms with Crippen molar-refractivity contribution in [2.45, 2.75) is 111 Å². The van der Waals surface area contributed by atoms with E-state index in [0.29, 0.717) is 5.92 Å². The van der Waals surface area contributed by atoms with Crippen molar-refractivity contribution in [1.29, 1.82) is 0 Å². The van der Waals surface area contributed by atoms with Gasteiger partial charge in [-0.05, 0) is 37.5 Å². The molecule has 0 radical (unpaired) electrons. The van der Waals surface area contributed by atoms with E-state index in [1.807, 2.05) is 6.92 Å². The third kappa shape index (κ3) is 16.4. The highest BCUT2D eigenvalue weighted by atomic mass is 16.5. The fraction of sp³-hybridized carbons (Fsp3) is 0.880. The molecule has 0 spiro atoms. The first kappa shape index (κ1) is 30.0. The summed E-state index contributed by atoms with van der Waals surface area (Å²) in [6.45, 7) is 10.0. The third-order valence-corrected chi connectivity index (χ3v) is 5.88. The number of rotatable bonds is 18. The van der Waals surface area contributed by atoms with Gasteiger partial charge in [-0.15, -0.1) is 0 Å². The van der Waals surface area contributed by atoms with E-state index in [9.17, 15) is 20.1 Å².